The molecule has 5 heteroatoms. The lowest BCUT2D eigenvalue weighted by molar-refractivity contribution is -0.121. The highest BCUT2D eigenvalue weighted by atomic mass is 35.5. The zero-order valence-electron chi connectivity index (χ0n) is 12.4. The number of benzene rings is 1. The average Bonchev–Trinajstić information content (AvgIpc) is 2.40. The van der Waals surface area contributed by atoms with Gasteiger partial charge in [-0.15, -0.1) is 0 Å². The second-order valence-corrected chi connectivity index (χ2v) is 5.32. The Morgan fingerprint density at radius 3 is 2.55 bits per heavy atom. The molecule has 1 unspecified atom stereocenters. The molecule has 0 aliphatic carbocycles. The number of halogens is 1. The van der Waals surface area contributed by atoms with Gasteiger partial charge in [0.05, 0.1) is 17.6 Å². The highest BCUT2D eigenvalue weighted by Crippen LogP contribution is 2.23. The van der Waals surface area contributed by atoms with Crippen LogP contribution >= 0.6 is 11.6 Å². The summed E-state index contributed by atoms with van der Waals surface area (Å²) in [5.74, 6) is -0.131. The molecular formula is C15H21ClN2O2. The largest absolute Gasteiger partial charge is 0.341 e. The number of nitrogens with one attached hydrogen (secondary N) is 1. The van der Waals surface area contributed by atoms with Gasteiger partial charge in [0, 0.05) is 12.0 Å². The van der Waals surface area contributed by atoms with Crippen LogP contribution in [0.2, 0.25) is 5.02 Å². The number of ketones is 1. The topological polar surface area (TPSA) is 49.4 Å². The van der Waals surface area contributed by atoms with Crippen molar-refractivity contribution < 1.29 is 9.59 Å². The van der Waals surface area contributed by atoms with Crippen LogP contribution in [0.15, 0.2) is 18.2 Å². The van der Waals surface area contributed by atoms with Gasteiger partial charge in [0.25, 0.3) is 0 Å². The molecule has 1 amide bonds. The molecule has 1 N–H and O–H groups in total. The number of hydrogen-bond donors (Lipinski definition) is 1. The molecule has 0 fully saturated rings. The van der Waals surface area contributed by atoms with Crippen LogP contribution in [0.25, 0.3) is 0 Å². The van der Waals surface area contributed by atoms with Gasteiger partial charge < -0.3 is 5.32 Å². The van der Waals surface area contributed by atoms with Gasteiger partial charge in [-0.1, -0.05) is 30.7 Å². The van der Waals surface area contributed by atoms with Crippen LogP contribution in [0, 0.1) is 0 Å². The van der Waals surface area contributed by atoms with E-state index in [1.165, 1.54) is 0 Å². The van der Waals surface area contributed by atoms with Crippen molar-refractivity contribution in [3.8, 4) is 0 Å². The Hall–Kier alpha value is -1.39. The summed E-state index contributed by atoms with van der Waals surface area (Å²) in [6, 6.07) is 5.22. The number of Topliss-reactive ketones (excluding diaryl/α,β-unsaturated/α-hetero) is 1. The molecule has 0 aliphatic heterocycles. The number of hydrogen-bond acceptors (Lipinski definition) is 3. The second kappa shape index (κ2) is 7.41. The van der Waals surface area contributed by atoms with Gasteiger partial charge in [-0.2, -0.15) is 0 Å². The quantitative estimate of drug-likeness (QED) is 0.648. The molecule has 0 saturated heterocycles. The summed E-state index contributed by atoms with van der Waals surface area (Å²) in [6.45, 7) is 3.69. The molecule has 0 bridgehead atoms. The SMILES string of the molecule is CCC(=O)c1cccc(CC(=O)NC(C)N(C)C)c1Cl. The van der Waals surface area contributed by atoms with Gasteiger partial charge in [-0.25, -0.2) is 0 Å². The van der Waals surface area contributed by atoms with Crippen LogP contribution in [0.1, 0.15) is 36.2 Å². The van der Waals surface area contributed by atoms with Crippen molar-refractivity contribution in [2.45, 2.75) is 32.9 Å². The third-order valence-corrected chi connectivity index (χ3v) is 3.64. The van der Waals surface area contributed by atoms with Gasteiger partial charge in [-0.3, -0.25) is 14.5 Å². The van der Waals surface area contributed by atoms with Gasteiger partial charge >= 0.3 is 0 Å². The second-order valence-electron chi connectivity index (χ2n) is 4.94. The van der Waals surface area contributed by atoms with E-state index in [0.29, 0.717) is 22.6 Å². The average molecular weight is 297 g/mol. The molecule has 1 aromatic carbocycles. The predicted molar refractivity (Wildman–Crippen MR) is 81.1 cm³/mol. The number of carbonyl (C=O) groups excluding carboxylic acids is 2. The van der Waals surface area contributed by atoms with Crippen LogP contribution in [0.4, 0.5) is 0 Å². The molecule has 1 atom stereocenters. The van der Waals surface area contributed by atoms with Crippen LogP contribution in [-0.2, 0) is 11.2 Å². The monoisotopic (exact) mass is 296 g/mol. The molecule has 4 nitrogen and oxygen atoms in total. The fourth-order valence-corrected chi connectivity index (χ4v) is 2.01. The fraction of sp³-hybridized carbons (Fsp3) is 0.467. The molecule has 110 valence electrons. The van der Waals surface area contributed by atoms with Crippen molar-refractivity contribution in [3.05, 3.63) is 34.3 Å². The van der Waals surface area contributed by atoms with E-state index in [0.717, 1.165) is 0 Å². The molecule has 0 saturated carbocycles. The van der Waals surface area contributed by atoms with Gasteiger partial charge in [0.2, 0.25) is 5.91 Å². The summed E-state index contributed by atoms with van der Waals surface area (Å²) in [6.07, 6.45) is 0.510. The Bertz CT molecular complexity index is 501. The van der Waals surface area contributed by atoms with Gasteiger partial charge in [0.1, 0.15) is 0 Å². The van der Waals surface area contributed by atoms with E-state index in [1.807, 2.05) is 25.9 Å². The van der Waals surface area contributed by atoms with Crippen LogP contribution in [0.5, 0.6) is 0 Å². The van der Waals surface area contributed by atoms with E-state index in [-0.39, 0.29) is 24.3 Å². The van der Waals surface area contributed by atoms with E-state index >= 15 is 0 Å². The normalized spacial score (nSPS) is 12.3. The summed E-state index contributed by atoms with van der Waals surface area (Å²) < 4.78 is 0. The van der Waals surface area contributed by atoms with Crippen LogP contribution in [0.3, 0.4) is 0 Å². The lowest BCUT2D eigenvalue weighted by Gasteiger charge is -2.21. The first-order valence-corrected chi connectivity index (χ1v) is 7.01. The van der Waals surface area contributed by atoms with Crippen molar-refractivity contribution in [2.24, 2.45) is 0 Å². The third-order valence-electron chi connectivity index (χ3n) is 3.20. The predicted octanol–water partition coefficient (Wildman–Crippen LogP) is 2.50. The first kappa shape index (κ1) is 16.7. The minimum Gasteiger partial charge on any atom is -0.341 e. The van der Waals surface area contributed by atoms with E-state index in [1.54, 1.807) is 25.1 Å². The van der Waals surface area contributed by atoms with E-state index in [4.69, 9.17) is 11.6 Å². The molecule has 20 heavy (non-hydrogen) atoms. The maximum Gasteiger partial charge on any atom is 0.225 e. The minimum absolute atomic E-state index is 0.0149. The first-order valence-electron chi connectivity index (χ1n) is 6.63. The van der Waals surface area contributed by atoms with Crippen molar-refractivity contribution in [1.82, 2.24) is 10.2 Å². The Labute approximate surface area is 125 Å². The number of nitrogens with zero attached hydrogens (tertiary/aromatic N) is 1. The van der Waals surface area contributed by atoms with Crippen LogP contribution < -0.4 is 5.32 Å². The van der Waals surface area contributed by atoms with Crippen molar-refractivity contribution in [3.63, 3.8) is 0 Å². The van der Waals surface area contributed by atoms with Crippen molar-refractivity contribution in [2.75, 3.05) is 14.1 Å². The molecule has 1 rings (SSSR count). The Morgan fingerprint density at radius 1 is 1.35 bits per heavy atom. The number of carbonyl (C=O) groups is 2. The van der Waals surface area contributed by atoms with E-state index in [9.17, 15) is 9.59 Å². The fourth-order valence-electron chi connectivity index (χ4n) is 1.71. The molecule has 0 heterocycles. The third kappa shape index (κ3) is 4.32. The van der Waals surface area contributed by atoms with Gasteiger partial charge in [0.15, 0.2) is 5.78 Å². The zero-order chi connectivity index (χ0) is 15.3. The Balaban J connectivity index is 2.83. The Kier molecular flexibility index (Phi) is 6.17. The standard InChI is InChI=1S/C15H21ClN2O2/c1-5-13(19)12-8-6-7-11(15(12)16)9-14(20)17-10(2)18(3)4/h6-8,10H,5,9H2,1-4H3,(H,17,20). The lowest BCUT2D eigenvalue weighted by Crippen LogP contribution is -2.43. The molecule has 1 aromatic rings. The molecule has 0 radical (unpaired) electrons. The minimum atomic E-state index is -0.116. The number of rotatable bonds is 6. The summed E-state index contributed by atoms with van der Waals surface area (Å²) in [5, 5.41) is 3.24. The summed E-state index contributed by atoms with van der Waals surface area (Å²) >= 11 is 6.21. The summed E-state index contributed by atoms with van der Waals surface area (Å²) in [7, 11) is 3.77. The van der Waals surface area contributed by atoms with E-state index in [2.05, 4.69) is 5.32 Å². The maximum atomic E-state index is 11.9. The summed E-state index contributed by atoms with van der Waals surface area (Å²) in [4.78, 5) is 25.6. The molecule has 0 aromatic heterocycles. The van der Waals surface area contributed by atoms with E-state index < -0.39 is 0 Å². The molecule has 0 spiro atoms. The van der Waals surface area contributed by atoms with Gasteiger partial charge in [-0.05, 0) is 32.6 Å². The van der Waals surface area contributed by atoms with Crippen LogP contribution in [-0.4, -0.2) is 36.9 Å². The molecular weight excluding hydrogens is 276 g/mol. The zero-order valence-corrected chi connectivity index (χ0v) is 13.1. The maximum absolute atomic E-state index is 11.9. The smallest absolute Gasteiger partial charge is 0.225 e. The highest BCUT2D eigenvalue weighted by molar-refractivity contribution is 6.34. The highest BCUT2D eigenvalue weighted by Gasteiger charge is 2.15. The Morgan fingerprint density at radius 2 is 2.00 bits per heavy atom. The molecule has 0 aliphatic rings. The first-order chi connectivity index (χ1) is 9.36. The van der Waals surface area contributed by atoms with Crippen molar-refractivity contribution >= 4 is 23.3 Å². The summed E-state index contributed by atoms with van der Waals surface area (Å²) in [5.41, 5.74) is 1.16. The lowest BCUT2D eigenvalue weighted by atomic mass is 10.0. The van der Waals surface area contributed by atoms with Crippen molar-refractivity contribution in [1.29, 1.82) is 0 Å². The number of amides is 1.